The van der Waals surface area contributed by atoms with Crippen LogP contribution in [0.4, 0.5) is 5.69 Å². The molecule has 3 nitrogen and oxygen atoms in total. The Bertz CT molecular complexity index is 512. The highest BCUT2D eigenvalue weighted by atomic mass is 16.4. The number of hydrogen-bond acceptors (Lipinski definition) is 3. The van der Waals surface area contributed by atoms with Crippen LogP contribution in [-0.4, -0.2) is 23.5 Å². The van der Waals surface area contributed by atoms with Gasteiger partial charge in [-0.1, -0.05) is 49.5 Å². The summed E-state index contributed by atoms with van der Waals surface area (Å²) in [5, 5.41) is 12.9. The minimum absolute atomic E-state index is 0.655. The monoisotopic (exact) mass is 286 g/mol. The molecule has 1 saturated carbocycles. The molecule has 1 aromatic carbocycles. The average Bonchev–Trinajstić information content (AvgIpc) is 2.74. The first-order valence-corrected chi connectivity index (χ1v) is 8.40. The van der Waals surface area contributed by atoms with E-state index >= 15 is 0 Å². The molecule has 1 aliphatic heterocycles. The van der Waals surface area contributed by atoms with Gasteiger partial charge in [0.05, 0.1) is 5.71 Å². The molecule has 0 saturated heterocycles. The van der Waals surface area contributed by atoms with Crippen molar-refractivity contribution in [2.24, 2.45) is 11.1 Å². The fourth-order valence-corrected chi connectivity index (χ4v) is 4.04. The third kappa shape index (κ3) is 2.92. The lowest BCUT2D eigenvalue weighted by Gasteiger charge is -2.39. The standard InChI is InChI=1S/C18H26N2O/c1-2-14-7-5-8-15(13-14)20-12-6-10-17(19-21)16-9-3-4-11-18(16)20/h3-4,9,11,14-15,21H,2,5-8,10,12-13H2,1H3/b19-17-. The van der Waals surface area contributed by atoms with Crippen LogP contribution in [0.1, 0.15) is 57.4 Å². The SMILES string of the molecule is CCC1CCCC(N2CCC/C(=N/O)c3ccccc32)C1. The van der Waals surface area contributed by atoms with Crippen LogP contribution in [0.5, 0.6) is 0 Å². The second-order valence-electron chi connectivity index (χ2n) is 6.46. The highest BCUT2D eigenvalue weighted by Gasteiger charge is 2.29. The van der Waals surface area contributed by atoms with E-state index in [1.54, 1.807) is 0 Å². The summed E-state index contributed by atoms with van der Waals surface area (Å²) in [6, 6.07) is 9.10. The molecule has 2 aliphatic rings. The van der Waals surface area contributed by atoms with Crippen LogP contribution < -0.4 is 4.90 Å². The lowest BCUT2D eigenvalue weighted by Crippen LogP contribution is -2.39. The highest BCUT2D eigenvalue weighted by molar-refractivity contribution is 6.05. The van der Waals surface area contributed by atoms with Crippen molar-refractivity contribution in [2.75, 3.05) is 11.4 Å². The second-order valence-corrected chi connectivity index (χ2v) is 6.46. The molecule has 3 rings (SSSR count). The van der Waals surface area contributed by atoms with Crippen LogP contribution in [0.25, 0.3) is 0 Å². The quantitative estimate of drug-likeness (QED) is 0.644. The van der Waals surface area contributed by atoms with Crippen molar-refractivity contribution in [1.82, 2.24) is 0 Å². The molecule has 114 valence electrons. The Morgan fingerprint density at radius 1 is 1.24 bits per heavy atom. The zero-order valence-corrected chi connectivity index (χ0v) is 13.0. The Labute approximate surface area is 127 Å². The molecule has 0 radical (unpaired) electrons. The van der Waals surface area contributed by atoms with Crippen LogP contribution >= 0.6 is 0 Å². The van der Waals surface area contributed by atoms with E-state index in [-0.39, 0.29) is 0 Å². The normalized spacial score (nSPS) is 28.2. The van der Waals surface area contributed by atoms with Gasteiger partial charge in [-0.3, -0.25) is 0 Å². The topological polar surface area (TPSA) is 35.8 Å². The zero-order chi connectivity index (χ0) is 14.7. The number of hydrogen-bond donors (Lipinski definition) is 1. The van der Waals surface area contributed by atoms with Gasteiger partial charge in [0, 0.05) is 23.8 Å². The molecule has 0 bridgehead atoms. The molecule has 1 heterocycles. The number of nitrogens with zero attached hydrogens (tertiary/aromatic N) is 2. The number of para-hydroxylation sites is 1. The number of anilines is 1. The van der Waals surface area contributed by atoms with Crippen molar-refractivity contribution in [3.63, 3.8) is 0 Å². The molecule has 1 aromatic rings. The summed E-state index contributed by atoms with van der Waals surface area (Å²) in [6.07, 6.45) is 8.60. The summed E-state index contributed by atoms with van der Waals surface area (Å²) < 4.78 is 0. The van der Waals surface area contributed by atoms with Crippen molar-refractivity contribution < 1.29 is 5.21 Å². The van der Waals surface area contributed by atoms with Crippen LogP contribution in [0.3, 0.4) is 0 Å². The predicted molar refractivity (Wildman–Crippen MR) is 87.4 cm³/mol. The highest BCUT2D eigenvalue weighted by Crippen LogP contribution is 2.35. The molecule has 0 aromatic heterocycles. The van der Waals surface area contributed by atoms with E-state index in [9.17, 15) is 5.21 Å². The fraction of sp³-hybridized carbons (Fsp3) is 0.611. The summed E-state index contributed by atoms with van der Waals surface area (Å²) in [6.45, 7) is 3.40. The van der Waals surface area contributed by atoms with Gasteiger partial charge < -0.3 is 10.1 Å². The molecular formula is C18H26N2O. The Kier molecular flexibility index (Phi) is 4.47. The summed E-state index contributed by atoms with van der Waals surface area (Å²) in [4.78, 5) is 2.59. The van der Waals surface area contributed by atoms with E-state index in [4.69, 9.17) is 0 Å². The third-order valence-electron chi connectivity index (χ3n) is 5.23. The number of fused-ring (bicyclic) bond motifs is 1. The first-order chi connectivity index (χ1) is 10.3. The van der Waals surface area contributed by atoms with Crippen molar-refractivity contribution in [2.45, 2.75) is 57.9 Å². The lowest BCUT2D eigenvalue weighted by atomic mass is 9.83. The molecular weight excluding hydrogens is 260 g/mol. The number of oxime groups is 1. The minimum Gasteiger partial charge on any atom is -0.411 e. The molecule has 2 atom stereocenters. The Morgan fingerprint density at radius 2 is 2.10 bits per heavy atom. The molecule has 1 fully saturated rings. The fourth-order valence-electron chi connectivity index (χ4n) is 4.04. The van der Waals surface area contributed by atoms with E-state index in [2.05, 4.69) is 35.2 Å². The van der Waals surface area contributed by atoms with E-state index in [0.717, 1.165) is 36.6 Å². The van der Waals surface area contributed by atoms with Crippen LogP contribution in [0.2, 0.25) is 0 Å². The van der Waals surface area contributed by atoms with Gasteiger partial charge in [-0.2, -0.15) is 0 Å². The Balaban J connectivity index is 1.91. The molecule has 0 amide bonds. The maximum atomic E-state index is 9.31. The van der Waals surface area contributed by atoms with Crippen molar-refractivity contribution in [3.05, 3.63) is 29.8 Å². The first kappa shape index (κ1) is 14.4. The van der Waals surface area contributed by atoms with Crippen LogP contribution in [0.15, 0.2) is 29.4 Å². The van der Waals surface area contributed by atoms with Crippen molar-refractivity contribution in [1.29, 1.82) is 0 Å². The van der Waals surface area contributed by atoms with Gasteiger partial charge in [0.15, 0.2) is 0 Å². The lowest BCUT2D eigenvalue weighted by molar-refractivity contribution is 0.303. The second kappa shape index (κ2) is 6.50. The van der Waals surface area contributed by atoms with Gasteiger partial charge in [0.25, 0.3) is 0 Å². The number of rotatable bonds is 2. The van der Waals surface area contributed by atoms with Crippen molar-refractivity contribution >= 4 is 11.4 Å². The summed E-state index contributed by atoms with van der Waals surface area (Å²) in [5.41, 5.74) is 3.23. The summed E-state index contributed by atoms with van der Waals surface area (Å²) in [7, 11) is 0. The smallest absolute Gasteiger partial charge is 0.0889 e. The predicted octanol–water partition coefficient (Wildman–Crippen LogP) is 4.43. The van der Waals surface area contributed by atoms with Gasteiger partial charge in [0.2, 0.25) is 0 Å². The summed E-state index contributed by atoms with van der Waals surface area (Å²) in [5.74, 6) is 0.880. The largest absolute Gasteiger partial charge is 0.411 e. The van der Waals surface area contributed by atoms with Crippen LogP contribution in [0, 0.1) is 5.92 Å². The van der Waals surface area contributed by atoms with E-state index in [0.29, 0.717) is 6.04 Å². The number of benzene rings is 1. The Morgan fingerprint density at radius 3 is 2.90 bits per heavy atom. The molecule has 2 unspecified atom stereocenters. The Hall–Kier alpha value is -1.51. The van der Waals surface area contributed by atoms with Crippen molar-refractivity contribution in [3.8, 4) is 0 Å². The zero-order valence-electron chi connectivity index (χ0n) is 13.0. The molecule has 0 spiro atoms. The molecule has 21 heavy (non-hydrogen) atoms. The van der Waals surface area contributed by atoms with E-state index in [1.165, 1.54) is 37.8 Å². The summed E-state index contributed by atoms with van der Waals surface area (Å²) >= 11 is 0. The first-order valence-electron chi connectivity index (χ1n) is 8.40. The molecule has 3 heteroatoms. The maximum absolute atomic E-state index is 9.31. The molecule has 1 N–H and O–H groups in total. The van der Waals surface area contributed by atoms with Gasteiger partial charge in [-0.05, 0) is 37.7 Å². The van der Waals surface area contributed by atoms with Crippen LogP contribution in [-0.2, 0) is 0 Å². The van der Waals surface area contributed by atoms with Gasteiger partial charge in [-0.15, -0.1) is 0 Å². The van der Waals surface area contributed by atoms with E-state index < -0.39 is 0 Å². The van der Waals surface area contributed by atoms with Gasteiger partial charge in [0.1, 0.15) is 0 Å². The maximum Gasteiger partial charge on any atom is 0.0889 e. The third-order valence-corrected chi connectivity index (χ3v) is 5.23. The average molecular weight is 286 g/mol. The molecule has 1 aliphatic carbocycles. The van der Waals surface area contributed by atoms with E-state index in [1.807, 2.05) is 6.07 Å². The minimum atomic E-state index is 0.655. The van der Waals surface area contributed by atoms with Gasteiger partial charge in [-0.25, -0.2) is 0 Å². The van der Waals surface area contributed by atoms with Gasteiger partial charge >= 0.3 is 0 Å².